The molecule has 0 radical (unpaired) electrons. The van der Waals surface area contributed by atoms with Crippen LogP contribution in [0.25, 0.3) is 6.08 Å². The second-order valence-electron chi connectivity index (χ2n) is 4.99. The molecule has 2 aromatic rings. The fraction of sp³-hybridized carbons (Fsp3) is 0.0588. The Hall–Kier alpha value is -2.51. The molecule has 3 rings (SSSR count). The Balaban J connectivity index is 1.96. The predicted molar refractivity (Wildman–Crippen MR) is 96.1 cm³/mol. The molecule has 1 amide bonds. The average Bonchev–Trinajstić information content (AvgIpc) is 2.85. The van der Waals surface area contributed by atoms with Crippen molar-refractivity contribution in [3.8, 4) is 0 Å². The Bertz CT molecular complexity index is 822. The second kappa shape index (κ2) is 6.94. The lowest BCUT2D eigenvalue weighted by Gasteiger charge is -2.23. The van der Waals surface area contributed by atoms with Crippen LogP contribution in [0.4, 0.5) is 0 Å². The van der Waals surface area contributed by atoms with Crippen LogP contribution in [0.2, 0.25) is 0 Å². The molecule has 24 heavy (non-hydrogen) atoms. The number of pyridine rings is 1. The number of hydrogen-bond donors (Lipinski definition) is 1. The topological polar surface area (TPSA) is 70.5 Å². The van der Waals surface area contributed by atoms with Gasteiger partial charge in [0.2, 0.25) is 0 Å². The Morgan fingerprint density at radius 2 is 2.00 bits per heavy atom. The molecule has 0 spiro atoms. The first kappa shape index (κ1) is 16.4. The molecule has 0 unspecified atom stereocenters. The van der Waals surface area contributed by atoms with E-state index in [0.717, 1.165) is 22.2 Å². The monoisotopic (exact) mass is 356 g/mol. The van der Waals surface area contributed by atoms with Gasteiger partial charge in [0.05, 0.1) is 4.91 Å². The number of carbonyl (C=O) groups is 2. The summed E-state index contributed by atoms with van der Waals surface area (Å²) in [6.07, 6.45) is 4.92. The Kier molecular flexibility index (Phi) is 4.73. The van der Waals surface area contributed by atoms with Crippen molar-refractivity contribution in [1.29, 1.82) is 0 Å². The van der Waals surface area contributed by atoms with Gasteiger partial charge in [0.1, 0.15) is 4.32 Å². The highest BCUT2D eigenvalue weighted by Gasteiger charge is 2.41. The molecule has 0 bridgehead atoms. The summed E-state index contributed by atoms with van der Waals surface area (Å²) in [7, 11) is 0. The molecule has 1 aromatic heterocycles. The summed E-state index contributed by atoms with van der Waals surface area (Å²) in [4.78, 5) is 30.0. The first-order chi connectivity index (χ1) is 11.6. The van der Waals surface area contributed by atoms with E-state index >= 15 is 0 Å². The number of carboxylic acid groups (broad SMARTS) is 1. The molecule has 1 atom stereocenters. The fourth-order valence-corrected chi connectivity index (χ4v) is 3.67. The van der Waals surface area contributed by atoms with Crippen molar-refractivity contribution in [3.05, 3.63) is 70.9 Å². The van der Waals surface area contributed by atoms with Gasteiger partial charge in [-0.3, -0.25) is 14.7 Å². The summed E-state index contributed by atoms with van der Waals surface area (Å²) < 4.78 is 0.228. The number of carbonyl (C=O) groups excluding carboxylic acids is 1. The van der Waals surface area contributed by atoms with Crippen LogP contribution < -0.4 is 0 Å². The minimum atomic E-state index is -1.14. The minimum absolute atomic E-state index is 0.228. The third kappa shape index (κ3) is 3.22. The first-order valence-electron chi connectivity index (χ1n) is 7.03. The molecule has 7 heteroatoms. The van der Waals surface area contributed by atoms with Crippen LogP contribution in [0.15, 0.2) is 59.8 Å². The van der Waals surface area contributed by atoms with Crippen molar-refractivity contribution in [2.45, 2.75) is 6.04 Å². The minimum Gasteiger partial charge on any atom is -0.479 e. The number of amides is 1. The van der Waals surface area contributed by atoms with E-state index in [2.05, 4.69) is 4.98 Å². The van der Waals surface area contributed by atoms with Crippen LogP contribution in [0, 0.1) is 0 Å². The summed E-state index contributed by atoms with van der Waals surface area (Å²) in [5, 5.41) is 9.61. The lowest BCUT2D eigenvalue weighted by Crippen LogP contribution is -2.37. The maximum atomic E-state index is 12.7. The number of aromatic nitrogens is 1. The van der Waals surface area contributed by atoms with E-state index in [-0.39, 0.29) is 4.32 Å². The van der Waals surface area contributed by atoms with Crippen molar-refractivity contribution in [3.63, 3.8) is 0 Å². The standard InChI is InChI=1S/C17H12N2O3S2/c20-15-13(9-11-5-4-8-18-10-11)24-17(23)19(15)14(16(21)22)12-6-2-1-3-7-12/h1-10,14H,(H,21,22)/b13-9-/t14-/m1/s1. The average molecular weight is 356 g/mol. The molecule has 0 aliphatic carbocycles. The molecule has 1 aliphatic rings. The molecule has 5 nitrogen and oxygen atoms in total. The number of hydrogen-bond acceptors (Lipinski definition) is 5. The van der Waals surface area contributed by atoms with Crippen LogP contribution in [0.3, 0.4) is 0 Å². The zero-order chi connectivity index (χ0) is 17.1. The molecule has 2 heterocycles. The molecule has 120 valence electrons. The van der Waals surface area contributed by atoms with Crippen molar-refractivity contribution in [1.82, 2.24) is 9.88 Å². The molecule has 0 saturated carbocycles. The summed E-state index contributed by atoms with van der Waals surface area (Å²) in [6, 6.07) is 11.0. The second-order valence-corrected chi connectivity index (χ2v) is 6.67. The molecule has 1 aromatic carbocycles. The normalized spacial score (nSPS) is 17.3. The number of benzene rings is 1. The fourth-order valence-electron chi connectivity index (χ4n) is 2.35. The van der Waals surface area contributed by atoms with Gasteiger partial charge in [-0.15, -0.1) is 0 Å². The van der Waals surface area contributed by atoms with E-state index in [1.807, 2.05) is 6.07 Å². The SMILES string of the molecule is O=C(O)[C@@H](c1ccccc1)N1C(=O)/C(=C/c2cccnc2)SC1=S. The van der Waals surface area contributed by atoms with E-state index in [9.17, 15) is 14.7 Å². The van der Waals surface area contributed by atoms with Gasteiger partial charge >= 0.3 is 5.97 Å². The highest BCUT2D eigenvalue weighted by Crippen LogP contribution is 2.38. The van der Waals surface area contributed by atoms with Crippen LogP contribution in [0.1, 0.15) is 17.2 Å². The van der Waals surface area contributed by atoms with Crippen LogP contribution in [0.5, 0.6) is 0 Å². The molecule has 1 aliphatic heterocycles. The zero-order valence-corrected chi connectivity index (χ0v) is 14.0. The third-order valence-electron chi connectivity index (χ3n) is 3.41. The van der Waals surface area contributed by atoms with Crippen molar-refractivity contribution < 1.29 is 14.7 Å². The number of carboxylic acids is 1. The van der Waals surface area contributed by atoms with E-state index in [4.69, 9.17) is 12.2 Å². The van der Waals surface area contributed by atoms with E-state index < -0.39 is 17.9 Å². The lowest BCUT2D eigenvalue weighted by atomic mass is 10.1. The van der Waals surface area contributed by atoms with Crippen molar-refractivity contribution >= 4 is 46.3 Å². The van der Waals surface area contributed by atoms with Gasteiger partial charge in [0.25, 0.3) is 5.91 Å². The van der Waals surface area contributed by atoms with Gasteiger partial charge < -0.3 is 5.11 Å². The third-order valence-corrected chi connectivity index (χ3v) is 4.74. The molecule has 1 N–H and O–H groups in total. The number of nitrogens with zero attached hydrogens (tertiary/aromatic N) is 2. The first-order valence-corrected chi connectivity index (χ1v) is 8.25. The van der Waals surface area contributed by atoms with Gasteiger partial charge in [0.15, 0.2) is 6.04 Å². The van der Waals surface area contributed by atoms with Gasteiger partial charge in [-0.25, -0.2) is 4.79 Å². The van der Waals surface area contributed by atoms with Crippen LogP contribution in [-0.4, -0.2) is 31.2 Å². The number of thioether (sulfide) groups is 1. The summed E-state index contributed by atoms with van der Waals surface area (Å²) >= 11 is 6.35. The van der Waals surface area contributed by atoms with Crippen LogP contribution in [-0.2, 0) is 9.59 Å². The quantitative estimate of drug-likeness (QED) is 0.670. The lowest BCUT2D eigenvalue weighted by molar-refractivity contribution is -0.145. The molecular formula is C17H12N2O3S2. The van der Waals surface area contributed by atoms with E-state index in [1.54, 1.807) is 54.9 Å². The van der Waals surface area contributed by atoms with Crippen molar-refractivity contribution in [2.24, 2.45) is 0 Å². The summed E-state index contributed by atoms with van der Waals surface area (Å²) in [5.41, 5.74) is 1.26. The Morgan fingerprint density at radius 3 is 2.62 bits per heavy atom. The Labute approximate surface area is 148 Å². The maximum Gasteiger partial charge on any atom is 0.331 e. The largest absolute Gasteiger partial charge is 0.479 e. The van der Waals surface area contributed by atoms with E-state index in [0.29, 0.717) is 10.5 Å². The van der Waals surface area contributed by atoms with Gasteiger partial charge in [-0.1, -0.05) is 60.4 Å². The summed E-state index contributed by atoms with van der Waals surface area (Å²) in [5.74, 6) is -1.54. The zero-order valence-electron chi connectivity index (χ0n) is 12.3. The number of rotatable bonds is 4. The summed E-state index contributed by atoms with van der Waals surface area (Å²) in [6.45, 7) is 0. The van der Waals surface area contributed by atoms with Gasteiger partial charge in [-0.2, -0.15) is 0 Å². The highest BCUT2D eigenvalue weighted by atomic mass is 32.2. The smallest absolute Gasteiger partial charge is 0.331 e. The molecule has 1 saturated heterocycles. The van der Waals surface area contributed by atoms with Crippen LogP contribution >= 0.6 is 24.0 Å². The molecule has 1 fully saturated rings. The number of aliphatic carboxylic acids is 1. The van der Waals surface area contributed by atoms with Crippen molar-refractivity contribution in [2.75, 3.05) is 0 Å². The Morgan fingerprint density at radius 1 is 1.25 bits per heavy atom. The van der Waals surface area contributed by atoms with Gasteiger partial charge in [0, 0.05) is 12.4 Å². The number of thiocarbonyl (C=S) groups is 1. The van der Waals surface area contributed by atoms with E-state index in [1.165, 1.54) is 0 Å². The predicted octanol–water partition coefficient (Wildman–Crippen LogP) is 3.11. The highest BCUT2D eigenvalue weighted by molar-refractivity contribution is 8.26. The van der Waals surface area contributed by atoms with Gasteiger partial charge in [-0.05, 0) is 23.3 Å². The molecular weight excluding hydrogens is 344 g/mol. The maximum absolute atomic E-state index is 12.7.